The molecule has 0 aliphatic rings. The number of ether oxygens (including phenoxy) is 1. The van der Waals surface area contributed by atoms with Gasteiger partial charge in [-0.1, -0.05) is 12.1 Å². The molecule has 1 heterocycles. The molecule has 2 aromatic carbocycles. The Morgan fingerprint density at radius 3 is 2.90 bits per heavy atom. The number of benzene rings is 2. The third-order valence-electron chi connectivity index (χ3n) is 2.74. The van der Waals surface area contributed by atoms with Crippen LogP contribution in [0.4, 0.5) is 10.1 Å². The number of fused-ring (bicyclic) bond motifs is 1. The second-order valence-electron chi connectivity index (χ2n) is 4.17. The van der Waals surface area contributed by atoms with Gasteiger partial charge in [-0.25, -0.2) is 9.37 Å². The van der Waals surface area contributed by atoms with E-state index in [0.29, 0.717) is 15.9 Å². The van der Waals surface area contributed by atoms with Crippen LogP contribution in [0, 0.1) is 5.82 Å². The monoisotopic (exact) mass is 352 g/mol. The van der Waals surface area contributed by atoms with Crippen molar-refractivity contribution < 1.29 is 9.13 Å². The molecule has 6 heteroatoms. The van der Waals surface area contributed by atoms with Gasteiger partial charge in [0.25, 0.3) is 0 Å². The van der Waals surface area contributed by atoms with Crippen LogP contribution in [0.15, 0.2) is 40.9 Å². The molecule has 0 amide bonds. The molecule has 0 saturated carbocycles. The zero-order valence-corrected chi connectivity index (χ0v) is 12.7. The zero-order valence-electron chi connectivity index (χ0n) is 10.3. The molecule has 3 aromatic rings. The number of rotatable bonds is 3. The van der Waals surface area contributed by atoms with Gasteiger partial charge >= 0.3 is 0 Å². The Hall–Kier alpha value is -1.66. The number of thiazole rings is 1. The number of nitrogens with two attached hydrogens (primary N) is 1. The number of para-hydroxylation sites is 1. The Labute approximate surface area is 127 Å². The van der Waals surface area contributed by atoms with Gasteiger partial charge in [0.05, 0.1) is 20.4 Å². The van der Waals surface area contributed by atoms with E-state index in [2.05, 4.69) is 20.9 Å². The summed E-state index contributed by atoms with van der Waals surface area (Å²) >= 11 is 4.63. The molecule has 1 aromatic heterocycles. The van der Waals surface area contributed by atoms with Crippen LogP contribution >= 0.6 is 27.3 Å². The van der Waals surface area contributed by atoms with Crippen molar-refractivity contribution in [3.63, 3.8) is 0 Å². The van der Waals surface area contributed by atoms with Crippen molar-refractivity contribution in [1.29, 1.82) is 0 Å². The van der Waals surface area contributed by atoms with Gasteiger partial charge in [0.15, 0.2) is 0 Å². The maximum absolute atomic E-state index is 13.5. The molecule has 2 N–H and O–H groups in total. The quantitative estimate of drug-likeness (QED) is 0.712. The van der Waals surface area contributed by atoms with E-state index in [1.54, 1.807) is 11.3 Å². The van der Waals surface area contributed by atoms with Crippen LogP contribution in [0.1, 0.15) is 5.01 Å². The Morgan fingerprint density at radius 2 is 2.10 bits per heavy atom. The van der Waals surface area contributed by atoms with Crippen LogP contribution in [0.2, 0.25) is 0 Å². The predicted molar refractivity (Wildman–Crippen MR) is 82.5 cm³/mol. The normalized spacial score (nSPS) is 10.9. The number of nitrogens with zero attached hydrogens (tertiary/aromatic N) is 1. The van der Waals surface area contributed by atoms with E-state index < -0.39 is 5.82 Å². The molecule has 0 radical (unpaired) electrons. The molecule has 0 atom stereocenters. The van der Waals surface area contributed by atoms with E-state index in [9.17, 15) is 4.39 Å². The number of halogens is 2. The van der Waals surface area contributed by atoms with Crippen LogP contribution in [0.3, 0.4) is 0 Å². The number of nitrogen functional groups attached to an aromatic ring is 1. The van der Waals surface area contributed by atoms with Gasteiger partial charge in [-0.15, -0.1) is 11.3 Å². The molecule has 3 nitrogen and oxygen atoms in total. The van der Waals surface area contributed by atoms with Gasteiger partial charge in [-0.05, 0) is 34.1 Å². The molecule has 0 bridgehead atoms. The maximum atomic E-state index is 13.5. The van der Waals surface area contributed by atoms with Crippen molar-refractivity contribution in [2.75, 3.05) is 5.73 Å². The van der Waals surface area contributed by atoms with Crippen LogP contribution in [-0.4, -0.2) is 4.98 Å². The van der Waals surface area contributed by atoms with Gasteiger partial charge in [-0.3, -0.25) is 0 Å². The van der Waals surface area contributed by atoms with Crippen LogP contribution in [0.25, 0.3) is 10.2 Å². The molecule has 0 unspecified atom stereocenters. The van der Waals surface area contributed by atoms with Crippen molar-refractivity contribution in [2.24, 2.45) is 0 Å². The maximum Gasteiger partial charge on any atom is 0.145 e. The Kier molecular flexibility index (Phi) is 3.58. The van der Waals surface area contributed by atoms with E-state index >= 15 is 0 Å². The summed E-state index contributed by atoms with van der Waals surface area (Å²) in [5.41, 5.74) is 7.12. The highest BCUT2D eigenvalue weighted by Gasteiger charge is 2.09. The second kappa shape index (κ2) is 5.38. The van der Waals surface area contributed by atoms with Crippen molar-refractivity contribution in [3.8, 4) is 5.75 Å². The van der Waals surface area contributed by atoms with Crippen molar-refractivity contribution in [3.05, 3.63) is 51.7 Å². The first-order valence-electron chi connectivity index (χ1n) is 5.85. The summed E-state index contributed by atoms with van der Waals surface area (Å²) in [5.74, 6) is -0.0801. The average Bonchev–Trinajstić information content (AvgIpc) is 2.84. The summed E-state index contributed by atoms with van der Waals surface area (Å²) in [7, 11) is 0. The van der Waals surface area contributed by atoms with Gasteiger partial charge < -0.3 is 10.5 Å². The number of anilines is 1. The van der Waals surface area contributed by atoms with E-state index in [1.807, 2.05) is 24.3 Å². The lowest BCUT2D eigenvalue weighted by molar-refractivity contribution is 0.306. The lowest BCUT2D eigenvalue weighted by atomic mass is 10.3. The van der Waals surface area contributed by atoms with Crippen molar-refractivity contribution >= 4 is 43.2 Å². The summed E-state index contributed by atoms with van der Waals surface area (Å²) in [5, 5.41) is 0.828. The summed E-state index contributed by atoms with van der Waals surface area (Å²) in [6, 6.07) is 10.6. The number of hydrogen-bond donors (Lipinski definition) is 1. The number of hydrogen-bond acceptors (Lipinski definition) is 4. The fourth-order valence-corrected chi connectivity index (χ4v) is 3.03. The molecular formula is C14H10BrFN2OS. The smallest absolute Gasteiger partial charge is 0.145 e. The van der Waals surface area contributed by atoms with Gasteiger partial charge in [0.1, 0.15) is 23.2 Å². The van der Waals surface area contributed by atoms with Gasteiger partial charge in [0, 0.05) is 6.07 Å². The summed E-state index contributed by atoms with van der Waals surface area (Å²) in [6.07, 6.45) is 0. The highest BCUT2D eigenvalue weighted by molar-refractivity contribution is 9.10. The van der Waals surface area contributed by atoms with Crippen LogP contribution < -0.4 is 10.5 Å². The zero-order chi connectivity index (χ0) is 14.1. The highest BCUT2D eigenvalue weighted by Crippen LogP contribution is 2.30. The molecule has 0 fully saturated rings. The summed E-state index contributed by atoms with van der Waals surface area (Å²) < 4.78 is 20.4. The Balaban J connectivity index is 1.81. The van der Waals surface area contributed by atoms with E-state index in [1.165, 1.54) is 12.1 Å². The van der Waals surface area contributed by atoms with Crippen molar-refractivity contribution in [2.45, 2.75) is 6.61 Å². The van der Waals surface area contributed by atoms with Crippen LogP contribution in [-0.2, 0) is 6.61 Å². The van der Waals surface area contributed by atoms with Gasteiger partial charge in [0.2, 0.25) is 0 Å². The van der Waals surface area contributed by atoms with Gasteiger partial charge in [-0.2, -0.15) is 0 Å². The van der Waals surface area contributed by atoms with Crippen LogP contribution in [0.5, 0.6) is 5.75 Å². The minimum absolute atomic E-state index is 0.268. The lowest BCUT2D eigenvalue weighted by Gasteiger charge is -2.08. The molecule has 3 rings (SSSR count). The minimum Gasteiger partial charge on any atom is -0.484 e. The molecule has 102 valence electrons. The number of aromatic nitrogens is 1. The summed E-state index contributed by atoms with van der Waals surface area (Å²) in [6.45, 7) is 0.268. The van der Waals surface area contributed by atoms with Crippen molar-refractivity contribution in [1.82, 2.24) is 4.98 Å². The first kappa shape index (κ1) is 13.3. The first-order chi connectivity index (χ1) is 9.63. The molecular weight excluding hydrogens is 343 g/mol. The van der Waals surface area contributed by atoms with E-state index in [0.717, 1.165) is 15.2 Å². The topological polar surface area (TPSA) is 48.1 Å². The van der Waals surface area contributed by atoms with E-state index in [4.69, 9.17) is 10.5 Å². The molecule has 0 aliphatic heterocycles. The molecule has 20 heavy (non-hydrogen) atoms. The lowest BCUT2D eigenvalue weighted by Crippen LogP contribution is -1.99. The first-order valence-corrected chi connectivity index (χ1v) is 7.46. The fraction of sp³-hybridized carbons (Fsp3) is 0.0714. The Morgan fingerprint density at radius 1 is 1.30 bits per heavy atom. The highest BCUT2D eigenvalue weighted by atomic mass is 79.9. The molecule has 0 saturated heterocycles. The Bertz CT molecular complexity index is 742. The fourth-order valence-electron chi connectivity index (χ4n) is 1.79. The average molecular weight is 353 g/mol. The second-order valence-corrected chi connectivity index (χ2v) is 6.14. The largest absolute Gasteiger partial charge is 0.484 e. The third-order valence-corrected chi connectivity index (χ3v) is 4.36. The molecule has 0 spiro atoms. The van der Waals surface area contributed by atoms with E-state index in [-0.39, 0.29) is 6.61 Å². The minimum atomic E-state index is -0.404. The molecule has 0 aliphatic carbocycles. The SMILES string of the molecule is Nc1cc(Br)c(F)cc1OCc1nc2ccccc2s1. The standard InChI is InChI=1S/C14H10BrFN2OS/c15-8-5-10(17)12(6-9(8)16)19-7-14-18-11-3-1-2-4-13(11)20-14/h1-6H,7,17H2. The third kappa shape index (κ3) is 2.62. The predicted octanol–water partition coefficient (Wildman–Crippen LogP) is 4.36. The summed E-state index contributed by atoms with van der Waals surface area (Å²) in [4.78, 5) is 4.45.